The number of halogens is 2. The van der Waals surface area contributed by atoms with Crippen LogP contribution in [0.3, 0.4) is 0 Å². The van der Waals surface area contributed by atoms with Gasteiger partial charge in [0.25, 0.3) is 0 Å². The third-order valence-electron chi connectivity index (χ3n) is 3.00. The lowest BCUT2D eigenvalue weighted by molar-refractivity contribution is -0.0589. The molecule has 0 spiro atoms. The van der Waals surface area contributed by atoms with E-state index in [1.165, 1.54) is 12.1 Å². The van der Waals surface area contributed by atoms with Crippen molar-refractivity contribution in [1.29, 1.82) is 0 Å². The molecule has 0 aromatic heterocycles. The Morgan fingerprint density at radius 1 is 1.31 bits per heavy atom. The van der Waals surface area contributed by atoms with Crippen LogP contribution in [0.15, 0.2) is 18.2 Å². The molecule has 1 fully saturated rings. The summed E-state index contributed by atoms with van der Waals surface area (Å²) in [7, 11) is 0. The standard InChI is InChI=1S/C12H15F2NO/c1-2-15-6-12(7-16-8-12)9-3-4-10(13)11(14)5-9/h3-5,15H,2,6-8H2,1H3. The first kappa shape index (κ1) is 11.5. The summed E-state index contributed by atoms with van der Waals surface area (Å²) in [6.07, 6.45) is 0. The highest BCUT2D eigenvalue weighted by Gasteiger charge is 2.40. The predicted molar refractivity (Wildman–Crippen MR) is 57.4 cm³/mol. The summed E-state index contributed by atoms with van der Waals surface area (Å²) in [5, 5.41) is 3.23. The van der Waals surface area contributed by atoms with Crippen molar-refractivity contribution in [3.8, 4) is 0 Å². The van der Waals surface area contributed by atoms with E-state index >= 15 is 0 Å². The smallest absolute Gasteiger partial charge is 0.159 e. The third-order valence-corrected chi connectivity index (χ3v) is 3.00. The average Bonchev–Trinajstić information content (AvgIpc) is 2.22. The lowest BCUT2D eigenvalue weighted by atomic mass is 9.78. The number of likely N-dealkylation sites (N-methyl/N-ethyl adjacent to an activating group) is 1. The van der Waals surface area contributed by atoms with Gasteiger partial charge in [-0.15, -0.1) is 0 Å². The topological polar surface area (TPSA) is 21.3 Å². The Morgan fingerprint density at radius 3 is 2.56 bits per heavy atom. The second-order valence-corrected chi connectivity index (χ2v) is 4.18. The molecule has 1 aliphatic rings. The van der Waals surface area contributed by atoms with E-state index in [0.29, 0.717) is 13.2 Å². The molecule has 1 saturated heterocycles. The van der Waals surface area contributed by atoms with Crippen molar-refractivity contribution < 1.29 is 13.5 Å². The maximum atomic E-state index is 13.2. The number of hydrogen-bond acceptors (Lipinski definition) is 2. The van der Waals surface area contributed by atoms with Gasteiger partial charge in [-0.05, 0) is 24.2 Å². The predicted octanol–water partition coefficient (Wildman–Crippen LogP) is 1.84. The first-order valence-corrected chi connectivity index (χ1v) is 5.42. The molecule has 88 valence electrons. The highest BCUT2D eigenvalue weighted by atomic mass is 19.2. The van der Waals surface area contributed by atoms with E-state index in [2.05, 4.69) is 5.32 Å². The summed E-state index contributed by atoms with van der Waals surface area (Å²) in [6.45, 7) is 4.72. The molecule has 1 aromatic rings. The molecule has 1 aliphatic heterocycles. The van der Waals surface area contributed by atoms with Crippen molar-refractivity contribution in [2.75, 3.05) is 26.3 Å². The Balaban J connectivity index is 2.22. The fourth-order valence-corrected chi connectivity index (χ4v) is 1.91. The van der Waals surface area contributed by atoms with Crippen molar-refractivity contribution in [3.05, 3.63) is 35.4 Å². The zero-order valence-electron chi connectivity index (χ0n) is 9.22. The van der Waals surface area contributed by atoms with Crippen molar-refractivity contribution in [3.63, 3.8) is 0 Å². The number of hydrogen-bond donors (Lipinski definition) is 1. The van der Waals surface area contributed by atoms with Gasteiger partial charge >= 0.3 is 0 Å². The summed E-state index contributed by atoms with van der Waals surface area (Å²) in [4.78, 5) is 0. The normalized spacial score (nSPS) is 18.2. The second-order valence-electron chi connectivity index (χ2n) is 4.18. The summed E-state index contributed by atoms with van der Waals surface area (Å²) in [5.74, 6) is -1.59. The Bertz CT molecular complexity index is 377. The van der Waals surface area contributed by atoms with Crippen LogP contribution in [-0.2, 0) is 10.2 Å². The molecule has 4 heteroatoms. The zero-order valence-corrected chi connectivity index (χ0v) is 9.22. The first-order valence-electron chi connectivity index (χ1n) is 5.42. The number of nitrogens with one attached hydrogen (secondary N) is 1. The van der Waals surface area contributed by atoms with Gasteiger partial charge in [0.15, 0.2) is 11.6 Å². The Kier molecular flexibility index (Phi) is 3.21. The van der Waals surface area contributed by atoms with E-state index in [-0.39, 0.29) is 5.41 Å². The summed E-state index contributed by atoms with van der Waals surface area (Å²) < 4.78 is 31.2. The lowest BCUT2D eigenvalue weighted by Gasteiger charge is -2.42. The molecule has 0 aliphatic carbocycles. The average molecular weight is 227 g/mol. The van der Waals surface area contributed by atoms with Crippen LogP contribution < -0.4 is 5.32 Å². The molecule has 1 N–H and O–H groups in total. The second kappa shape index (κ2) is 4.47. The molecule has 2 rings (SSSR count). The van der Waals surface area contributed by atoms with Crippen molar-refractivity contribution in [2.45, 2.75) is 12.3 Å². The van der Waals surface area contributed by atoms with Gasteiger partial charge in [-0.2, -0.15) is 0 Å². The summed E-state index contributed by atoms with van der Waals surface area (Å²) in [6, 6.07) is 4.09. The number of ether oxygens (including phenoxy) is 1. The number of rotatable bonds is 4. The van der Waals surface area contributed by atoms with Gasteiger partial charge in [0, 0.05) is 6.54 Å². The molecule has 2 nitrogen and oxygen atoms in total. The first-order chi connectivity index (χ1) is 7.68. The van der Waals surface area contributed by atoms with Crippen LogP contribution in [0.2, 0.25) is 0 Å². The van der Waals surface area contributed by atoms with Crippen molar-refractivity contribution >= 4 is 0 Å². The van der Waals surface area contributed by atoms with Gasteiger partial charge in [-0.1, -0.05) is 13.0 Å². The van der Waals surface area contributed by atoms with Gasteiger partial charge in [-0.3, -0.25) is 0 Å². The van der Waals surface area contributed by atoms with Gasteiger partial charge in [0.05, 0.1) is 18.6 Å². The summed E-state index contributed by atoms with van der Waals surface area (Å²) in [5.41, 5.74) is 0.614. The van der Waals surface area contributed by atoms with E-state index in [9.17, 15) is 8.78 Å². The van der Waals surface area contributed by atoms with Gasteiger partial charge in [0.2, 0.25) is 0 Å². The quantitative estimate of drug-likeness (QED) is 0.847. The number of benzene rings is 1. The van der Waals surface area contributed by atoms with Crippen LogP contribution >= 0.6 is 0 Å². The van der Waals surface area contributed by atoms with Crippen LogP contribution in [-0.4, -0.2) is 26.3 Å². The minimum Gasteiger partial charge on any atom is -0.379 e. The van der Waals surface area contributed by atoms with E-state index in [0.717, 1.165) is 18.7 Å². The largest absolute Gasteiger partial charge is 0.379 e. The molecule has 0 saturated carbocycles. The Hall–Kier alpha value is -1.00. The molecule has 1 aromatic carbocycles. The molecule has 16 heavy (non-hydrogen) atoms. The highest BCUT2D eigenvalue weighted by Crippen LogP contribution is 2.32. The lowest BCUT2D eigenvalue weighted by Crippen LogP contribution is -2.53. The molecule has 0 bridgehead atoms. The zero-order chi connectivity index (χ0) is 11.6. The molecule has 0 unspecified atom stereocenters. The minimum absolute atomic E-state index is 0.190. The Morgan fingerprint density at radius 2 is 2.06 bits per heavy atom. The fourth-order valence-electron chi connectivity index (χ4n) is 1.91. The summed E-state index contributed by atoms with van der Waals surface area (Å²) >= 11 is 0. The maximum Gasteiger partial charge on any atom is 0.159 e. The van der Waals surface area contributed by atoms with E-state index in [1.807, 2.05) is 6.92 Å². The van der Waals surface area contributed by atoms with E-state index in [1.54, 1.807) is 6.07 Å². The van der Waals surface area contributed by atoms with Gasteiger partial charge in [-0.25, -0.2) is 8.78 Å². The van der Waals surface area contributed by atoms with Crippen LogP contribution in [0.4, 0.5) is 8.78 Å². The van der Waals surface area contributed by atoms with Crippen molar-refractivity contribution in [1.82, 2.24) is 5.32 Å². The minimum atomic E-state index is -0.803. The molecule has 0 radical (unpaired) electrons. The monoisotopic (exact) mass is 227 g/mol. The maximum absolute atomic E-state index is 13.2. The van der Waals surface area contributed by atoms with Crippen molar-refractivity contribution in [2.24, 2.45) is 0 Å². The Labute approximate surface area is 93.6 Å². The SMILES string of the molecule is CCNCC1(c2ccc(F)c(F)c2)COC1. The van der Waals surface area contributed by atoms with Crippen LogP contribution in [0.1, 0.15) is 12.5 Å². The molecule has 0 atom stereocenters. The van der Waals surface area contributed by atoms with Gasteiger partial charge < -0.3 is 10.1 Å². The highest BCUT2D eigenvalue weighted by molar-refractivity contribution is 5.29. The molecule has 1 heterocycles. The molecular weight excluding hydrogens is 212 g/mol. The van der Waals surface area contributed by atoms with E-state index in [4.69, 9.17) is 4.74 Å². The molecular formula is C12H15F2NO. The molecule has 0 amide bonds. The van der Waals surface area contributed by atoms with E-state index < -0.39 is 11.6 Å². The van der Waals surface area contributed by atoms with Crippen LogP contribution in [0.25, 0.3) is 0 Å². The third kappa shape index (κ3) is 1.95. The van der Waals surface area contributed by atoms with Crippen LogP contribution in [0, 0.1) is 11.6 Å². The van der Waals surface area contributed by atoms with Crippen LogP contribution in [0.5, 0.6) is 0 Å². The van der Waals surface area contributed by atoms with Gasteiger partial charge in [0.1, 0.15) is 0 Å². The fraction of sp³-hybridized carbons (Fsp3) is 0.500.